The molecule has 4 heteroatoms. The average molecular weight is 258 g/mol. The Morgan fingerprint density at radius 3 is 2.53 bits per heavy atom. The molecular weight excluding hydrogens is 244 g/mol. The minimum Gasteiger partial charge on any atom is -0.462 e. The molecule has 98 valence electrons. The lowest BCUT2D eigenvalue weighted by atomic mass is 10.1. The molecule has 4 nitrogen and oxygen atoms in total. The molecular formula is C15H14O4. The van der Waals surface area contributed by atoms with Gasteiger partial charge in [0.1, 0.15) is 11.3 Å². The van der Waals surface area contributed by atoms with Gasteiger partial charge in [0.25, 0.3) is 0 Å². The van der Waals surface area contributed by atoms with E-state index < -0.39 is 5.97 Å². The normalized spacial score (nSPS) is 10.2. The van der Waals surface area contributed by atoms with Crippen LogP contribution >= 0.6 is 0 Å². The van der Waals surface area contributed by atoms with E-state index in [0.717, 1.165) is 0 Å². The Hall–Kier alpha value is -2.36. The Morgan fingerprint density at radius 2 is 1.89 bits per heavy atom. The largest absolute Gasteiger partial charge is 0.462 e. The second-order valence-electron chi connectivity index (χ2n) is 4.00. The van der Waals surface area contributed by atoms with Crippen LogP contribution in [0.25, 0.3) is 0 Å². The van der Waals surface area contributed by atoms with Gasteiger partial charge in [-0.05, 0) is 13.8 Å². The summed E-state index contributed by atoms with van der Waals surface area (Å²) in [6.45, 7) is 3.64. The molecule has 1 aromatic heterocycles. The number of hydrogen-bond acceptors (Lipinski definition) is 4. The molecule has 19 heavy (non-hydrogen) atoms. The van der Waals surface area contributed by atoms with Gasteiger partial charge in [-0.15, -0.1) is 0 Å². The second kappa shape index (κ2) is 5.52. The molecule has 0 N–H and O–H groups in total. The van der Waals surface area contributed by atoms with E-state index in [1.54, 1.807) is 38.1 Å². The van der Waals surface area contributed by atoms with Crippen LogP contribution in [0.1, 0.15) is 39.2 Å². The Labute approximate surface area is 111 Å². The number of benzene rings is 1. The summed E-state index contributed by atoms with van der Waals surface area (Å²) in [6, 6.07) is 10.2. The highest BCUT2D eigenvalue weighted by molar-refractivity contribution is 6.08. The Bertz CT molecular complexity index is 596. The average Bonchev–Trinajstić information content (AvgIpc) is 2.81. The summed E-state index contributed by atoms with van der Waals surface area (Å²) in [5.41, 5.74) is 0.813. The number of hydrogen-bond donors (Lipinski definition) is 0. The topological polar surface area (TPSA) is 56.5 Å². The molecule has 0 saturated carbocycles. The van der Waals surface area contributed by atoms with Crippen LogP contribution in [-0.4, -0.2) is 18.4 Å². The van der Waals surface area contributed by atoms with Gasteiger partial charge >= 0.3 is 5.97 Å². The third-order valence-corrected chi connectivity index (χ3v) is 2.67. The van der Waals surface area contributed by atoms with Crippen molar-refractivity contribution in [1.82, 2.24) is 0 Å². The van der Waals surface area contributed by atoms with E-state index in [0.29, 0.717) is 16.9 Å². The standard InChI is InChI=1S/C15H14O4/c1-3-18-15(17)12-9-13(19-10(12)2)14(16)11-7-5-4-6-8-11/h4-9H,3H2,1-2H3. The van der Waals surface area contributed by atoms with Gasteiger partial charge < -0.3 is 9.15 Å². The molecule has 1 heterocycles. The SMILES string of the molecule is CCOC(=O)c1cc(C(=O)c2ccccc2)oc1C. The number of rotatable bonds is 4. The summed E-state index contributed by atoms with van der Waals surface area (Å²) in [4.78, 5) is 23.8. The third-order valence-electron chi connectivity index (χ3n) is 2.67. The van der Waals surface area contributed by atoms with E-state index in [1.165, 1.54) is 6.07 Å². The minimum absolute atomic E-state index is 0.145. The van der Waals surface area contributed by atoms with Crippen molar-refractivity contribution in [1.29, 1.82) is 0 Å². The van der Waals surface area contributed by atoms with Crippen molar-refractivity contribution in [2.45, 2.75) is 13.8 Å². The number of carbonyl (C=O) groups is 2. The van der Waals surface area contributed by atoms with Crippen molar-refractivity contribution in [3.05, 3.63) is 59.0 Å². The van der Waals surface area contributed by atoms with Crippen molar-refractivity contribution < 1.29 is 18.7 Å². The van der Waals surface area contributed by atoms with Crippen molar-refractivity contribution in [2.75, 3.05) is 6.61 Å². The van der Waals surface area contributed by atoms with Crippen molar-refractivity contribution in [2.24, 2.45) is 0 Å². The predicted octanol–water partition coefficient (Wildman–Crippen LogP) is 3.00. The Balaban J connectivity index is 2.30. The maximum atomic E-state index is 12.1. The maximum Gasteiger partial charge on any atom is 0.341 e. The van der Waals surface area contributed by atoms with Gasteiger partial charge in [-0.2, -0.15) is 0 Å². The van der Waals surface area contributed by atoms with Crippen LogP contribution in [0, 0.1) is 6.92 Å². The Morgan fingerprint density at radius 1 is 1.21 bits per heavy atom. The van der Waals surface area contributed by atoms with Gasteiger partial charge in [0.2, 0.25) is 5.78 Å². The van der Waals surface area contributed by atoms with E-state index in [2.05, 4.69) is 0 Å². The first-order valence-electron chi connectivity index (χ1n) is 6.00. The van der Waals surface area contributed by atoms with Crippen LogP contribution in [0.2, 0.25) is 0 Å². The quantitative estimate of drug-likeness (QED) is 0.625. The lowest BCUT2D eigenvalue weighted by Gasteiger charge is -1.97. The smallest absolute Gasteiger partial charge is 0.341 e. The van der Waals surface area contributed by atoms with Crippen molar-refractivity contribution in [3.8, 4) is 0 Å². The van der Waals surface area contributed by atoms with Crippen LogP contribution in [0.4, 0.5) is 0 Å². The summed E-state index contributed by atoms with van der Waals surface area (Å²) in [7, 11) is 0. The molecule has 0 aliphatic rings. The van der Waals surface area contributed by atoms with Crippen LogP contribution < -0.4 is 0 Å². The van der Waals surface area contributed by atoms with Gasteiger partial charge in [-0.1, -0.05) is 30.3 Å². The molecule has 1 aromatic carbocycles. The van der Waals surface area contributed by atoms with Gasteiger partial charge in [0.15, 0.2) is 5.76 Å². The van der Waals surface area contributed by atoms with Crippen molar-refractivity contribution in [3.63, 3.8) is 0 Å². The summed E-state index contributed by atoms with van der Waals surface area (Å²) in [6.07, 6.45) is 0. The summed E-state index contributed by atoms with van der Waals surface area (Å²) >= 11 is 0. The predicted molar refractivity (Wildman–Crippen MR) is 69.3 cm³/mol. The molecule has 0 saturated heterocycles. The fourth-order valence-corrected chi connectivity index (χ4v) is 1.74. The van der Waals surface area contributed by atoms with E-state index in [4.69, 9.17) is 9.15 Å². The molecule has 0 aliphatic heterocycles. The third kappa shape index (κ3) is 2.73. The fraction of sp³-hybridized carbons (Fsp3) is 0.200. The molecule has 0 fully saturated rings. The van der Waals surface area contributed by atoms with Gasteiger partial charge in [0.05, 0.1) is 6.61 Å². The monoisotopic (exact) mass is 258 g/mol. The highest BCUT2D eigenvalue weighted by Crippen LogP contribution is 2.18. The van der Waals surface area contributed by atoms with Crippen LogP contribution in [-0.2, 0) is 4.74 Å². The number of ether oxygens (including phenoxy) is 1. The van der Waals surface area contributed by atoms with Crippen LogP contribution in [0.5, 0.6) is 0 Å². The number of furan rings is 1. The number of ketones is 1. The molecule has 2 aromatic rings. The lowest BCUT2D eigenvalue weighted by molar-refractivity contribution is 0.0524. The highest BCUT2D eigenvalue weighted by atomic mass is 16.5. The molecule has 0 atom stereocenters. The molecule has 0 bridgehead atoms. The summed E-state index contributed by atoms with van der Waals surface area (Å²) in [5, 5.41) is 0. The van der Waals surface area contributed by atoms with Gasteiger partial charge in [-0.3, -0.25) is 4.79 Å². The lowest BCUT2D eigenvalue weighted by Crippen LogP contribution is -2.04. The molecule has 0 amide bonds. The van der Waals surface area contributed by atoms with E-state index in [-0.39, 0.29) is 18.2 Å². The van der Waals surface area contributed by atoms with Gasteiger partial charge in [-0.25, -0.2) is 4.79 Å². The summed E-state index contributed by atoms with van der Waals surface area (Å²) in [5.74, 6) is -0.195. The minimum atomic E-state index is -0.476. The second-order valence-corrected chi connectivity index (χ2v) is 4.00. The van der Waals surface area contributed by atoms with E-state index >= 15 is 0 Å². The molecule has 0 spiro atoms. The van der Waals surface area contributed by atoms with Crippen LogP contribution in [0.15, 0.2) is 40.8 Å². The zero-order valence-electron chi connectivity index (χ0n) is 10.8. The molecule has 0 aliphatic carbocycles. The van der Waals surface area contributed by atoms with Gasteiger partial charge in [0, 0.05) is 11.6 Å². The molecule has 0 unspecified atom stereocenters. The maximum absolute atomic E-state index is 12.1. The highest BCUT2D eigenvalue weighted by Gasteiger charge is 2.20. The zero-order valence-corrected chi connectivity index (χ0v) is 10.8. The number of aryl methyl sites for hydroxylation is 1. The molecule has 2 rings (SSSR count). The Kier molecular flexibility index (Phi) is 3.80. The fourth-order valence-electron chi connectivity index (χ4n) is 1.74. The summed E-state index contributed by atoms with van der Waals surface area (Å²) < 4.78 is 10.2. The number of esters is 1. The zero-order chi connectivity index (χ0) is 13.8. The molecule has 0 radical (unpaired) electrons. The first kappa shape index (κ1) is 13.1. The van der Waals surface area contributed by atoms with E-state index in [9.17, 15) is 9.59 Å². The van der Waals surface area contributed by atoms with E-state index in [1.807, 2.05) is 6.07 Å². The van der Waals surface area contributed by atoms with Crippen LogP contribution in [0.3, 0.4) is 0 Å². The van der Waals surface area contributed by atoms with Crippen molar-refractivity contribution >= 4 is 11.8 Å². The number of carbonyl (C=O) groups excluding carboxylic acids is 2. The first-order chi connectivity index (χ1) is 9.13. The first-order valence-corrected chi connectivity index (χ1v) is 6.00.